The second-order valence-electron chi connectivity index (χ2n) is 7.74. The highest BCUT2D eigenvalue weighted by atomic mass is 19.4. The van der Waals surface area contributed by atoms with Crippen molar-refractivity contribution in [3.63, 3.8) is 0 Å². The zero-order chi connectivity index (χ0) is 21.8. The highest BCUT2D eigenvalue weighted by Gasteiger charge is 2.34. The number of nitrogens with one attached hydrogen (secondary N) is 1. The predicted molar refractivity (Wildman–Crippen MR) is 104 cm³/mol. The summed E-state index contributed by atoms with van der Waals surface area (Å²) in [6, 6.07) is 10.5. The van der Waals surface area contributed by atoms with E-state index < -0.39 is 29.7 Å². The second-order valence-corrected chi connectivity index (χ2v) is 7.74. The molecule has 1 N–H and O–H groups in total. The summed E-state index contributed by atoms with van der Waals surface area (Å²) in [5, 5.41) is 2.49. The maximum atomic E-state index is 13.2. The monoisotopic (exact) mass is 407 g/mol. The zero-order valence-corrected chi connectivity index (χ0v) is 16.8. The fraction of sp³-hybridized carbons (Fsp3) is 0.364. The Kier molecular flexibility index (Phi) is 6.72. The number of hydrogen-bond acceptors (Lipinski definition) is 3. The van der Waals surface area contributed by atoms with E-state index in [-0.39, 0.29) is 17.4 Å². The van der Waals surface area contributed by atoms with E-state index in [1.54, 1.807) is 24.3 Å². The van der Waals surface area contributed by atoms with E-state index in [4.69, 9.17) is 0 Å². The van der Waals surface area contributed by atoms with E-state index in [1.807, 2.05) is 20.8 Å². The Hall–Kier alpha value is -2.83. The molecule has 0 radical (unpaired) electrons. The van der Waals surface area contributed by atoms with Gasteiger partial charge in [0.1, 0.15) is 6.04 Å². The van der Waals surface area contributed by atoms with Crippen LogP contribution in [-0.2, 0) is 27.5 Å². The first-order valence-corrected chi connectivity index (χ1v) is 9.08. The SMILES string of the molecule is COC(=O)[C@@H](Cc1ccccc1C(F)(F)F)NC(=O)c1ccc(C(C)(C)C)cc1. The maximum Gasteiger partial charge on any atom is 0.416 e. The van der Waals surface area contributed by atoms with Crippen LogP contribution in [-0.4, -0.2) is 25.0 Å². The van der Waals surface area contributed by atoms with E-state index >= 15 is 0 Å². The molecular formula is C22H24F3NO3. The molecule has 2 aromatic rings. The molecule has 156 valence electrons. The highest BCUT2D eigenvalue weighted by Crippen LogP contribution is 2.32. The Bertz CT molecular complexity index is 868. The quantitative estimate of drug-likeness (QED) is 0.742. The van der Waals surface area contributed by atoms with Crippen molar-refractivity contribution in [1.29, 1.82) is 0 Å². The van der Waals surface area contributed by atoms with Gasteiger partial charge < -0.3 is 10.1 Å². The first-order valence-electron chi connectivity index (χ1n) is 9.08. The molecule has 0 aliphatic heterocycles. The lowest BCUT2D eigenvalue weighted by molar-refractivity contribution is -0.144. The van der Waals surface area contributed by atoms with E-state index in [0.29, 0.717) is 5.56 Å². The number of ether oxygens (including phenoxy) is 1. The molecule has 0 aliphatic carbocycles. The van der Waals surface area contributed by atoms with Crippen LogP contribution in [0, 0.1) is 0 Å². The number of halogens is 3. The lowest BCUT2D eigenvalue weighted by atomic mass is 9.86. The van der Waals surface area contributed by atoms with Gasteiger partial charge in [-0.05, 0) is 34.7 Å². The van der Waals surface area contributed by atoms with E-state index in [2.05, 4.69) is 10.1 Å². The largest absolute Gasteiger partial charge is 0.467 e. The Morgan fingerprint density at radius 1 is 1.00 bits per heavy atom. The molecule has 0 aromatic heterocycles. The minimum Gasteiger partial charge on any atom is -0.467 e. The summed E-state index contributed by atoms with van der Waals surface area (Å²) in [6.45, 7) is 6.11. The fourth-order valence-corrected chi connectivity index (χ4v) is 2.89. The molecule has 0 saturated heterocycles. The number of rotatable bonds is 5. The first kappa shape index (κ1) is 22.5. The Morgan fingerprint density at radius 3 is 2.10 bits per heavy atom. The average molecular weight is 407 g/mol. The second kappa shape index (κ2) is 8.68. The molecule has 1 atom stereocenters. The standard InChI is InChI=1S/C22H24F3NO3/c1-21(2,3)16-11-9-14(10-12-16)19(27)26-18(20(28)29-4)13-15-7-5-6-8-17(15)22(23,24)25/h5-12,18H,13H2,1-4H3,(H,26,27)/t18-/m1/s1. The normalized spacial score (nSPS) is 12.9. The van der Waals surface area contributed by atoms with Gasteiger partial charge in [-0.15, -0.1) is 0 Å². The maximum absolute atomic E-state index is 13.2. The average Bonchev–Trinajstić information content (AvgIpc) is 2.65. The van der Waals surface area contributed by atoms with Crippen molar-refractivity contribution < 1.29 is 27.5 Å². The molecule has 1 amide bonds. The number of hydrogen-bond donors (Lipinski definition) is 1. The molecule has 4 nitrogen and oxygen atoms in total. The van der Waals surface area contributed by atoms with Gasteiger partial charge in [-0.2, -0.15) is 13.2 Å². The number of amides is 1. The van der Waals surface area contributed by atoms with Crippen molar-refractivity contribution in [2.45, 2.75) is 44.8 Å². The molecular weight excluding hydrogens is 383 g/mol. The van der Waals surface area contributed by atoms with Crippen LogP contribution in [0.3, 0.4) is 0 Å². The number of methoxy groups -OCH3 is 1. The summed E-state index contributed by atoms with van der Waals surface area (Å²) < 4.78 is 44.4. The van der Waals surface area contributed by atoms with Crippen molar-refractivity contribution >= 4 is 11.9 Å². The van der Waals surface area contributed by atoms with Gasteiger partial charge in [-0.3, -0.25) is 4.79 Å². The molecule has 0 spiro atoms. The topological polar surface area (TPSA) is 55.4 Å². The third-order valence-electron chi connectivity index (χ3n) is 4.55. The predicted octanol–water partition coefficient (Wildman–Crippen LogP) is 4.52. The van der Waals surface area contributed by atoms with Crippen LogP contribution >= 0.6 is 0 Å². The smallest absolute Gasteiger partial charge is 0.416 e. The van der Waals surface area contributed by atoms with Crippen LogP contribution in [0.25, 0.3) is 0 Å². The summed E-state index contributed by atoms with van der Waals surface area (Å²) >= 11 is 0. The number of carbonyl (C=O) groups excluding carboxylic acids is 2. The van der Waals surface area contributed by atoms with Gasteiger partial charge in [0.05, 0.1) is 12.7 Å². The summed E-state index contributed by atoms with van der Waals surface area (Å²) in [4.78, 5) is 24.7. The van der Waals surface area contributed by atoms with Crippen LogP contribution in [0.4, 0.5) is 13.2 Å². The Balaban J connectivity index is 2.24. The van der Waals surface area contributed by atoms with Gasteiger partial charge in [-0.25, -0.2) is 4.79 Å². The molecule has 2 aromatic carbocycles. The summed E-state index contributed by atoms with van der Waals surface area (Å²) in [7, 11) is 1.12. The van der Waals surface area contributed by atoms with Crippen molar-refractivity contribution in [1.82, 2.24) is 5.32 Å². The minimum absolute atomic E-state index is 0.0924. The molecule has 0 unspecified atom stereocenters. The zero-order valence-electron chi connectivity index (χ0n) is 16.8. The summed E-state index contributed by atoms with van der Waals surface area (Å²) in [5.74, 6) is -1.38. The molecule has 29 heavy (non-hydrogen) atoms. The van der Waals surface area contributed by atoms with Gasteiger partial charge in [0, 0.05) is 12.0 Å². The first-order chi connectivity index (χ1) is 13.4. The number of benzene rings is 2. The lowest BCUT2D eigenvalue weighted by Gasteiger charge is -2.21. The number of alkyl halides is 3. The number of esters is 1. The number of carbonyl (C=O) groups is 2. The third kappa shape index (κ3) is 5.82. The van der Waals surface area contributed by atoms with Crippen molar-refractivity contribution in [3.8, 4) is 0 Å². The van der Waals surface area contributed by atoms with Crippen LogP contribution in [0.5, 0.6) is 0 Å². The van der Waals surface area contributed by atoms with Gasteiger partial charge >= 0.3 is 12.1 Å². The van der Waals surface area contributed by atoms with E-state index in [0.717, 1.165) is 18.7 Å². The van der Waals surface area contributed by atoms with Crippen LogP contribution in [0.15, 0.2) is 48.5 Å². The van der Waals surface area contributed by atoms with Crippen LogP contribution < -0.4 is 5.32 Å². The van der Waals surface area contributed by atoms with Gasteiger partial charge in [0.25, 0.3) is 5.91 Å². The third-order valence-corrected chi connectivity index (χ3v) is 4.55. The highest BCUT2D eigenvalue weighted by molar-refractivity contribution is 5.96. The molecule has 0 aliphatic rings. The molecule has 0 heterocycles. The minimum atomic E-state index is -4.57. The summed E-state index contributed by atoms with van der Waals surface area (Å²) in [5.41, 5.74) is 0.287. The van der Waals surface area contributed by atoms with Crippen molar-refractivity contribution in [3.05, 3.63) is 70.8 Å². The molecule has 0 saturated carbocycles. The summed E-state index contributed by atoms with van der Waals surface area (Å²) in [6.07, 6.45) is -4.90. The molecule has 0 fully saturated rings. The van der Waals surface area contributed by atoms with Gasteiger partial charge in [0.15, 0.2) is 0 Å². The van der Waals surface area contributed by atoms with Crippen LogP contribution in [0.1, 0.15) is 47.8 Å². The molecule has 2 rings (SSSR count). The van der Waals surface area contributed by atoms with Crippen molar-refractivity contribution in [2.75, 3.05) is 7.11 Å². The van der Waals surface area contributed by atoms with Gasteiger partial charge in [-0.1, -0.05) is 51.1 Å². The Morgan fingerprint density at radius 2 is 1.59 bits per heavy atom. The van der Waals surface area contributed by atoms with E-state index in [9.17, 15) is 22.8 Å². The molecule has 0 bridgehead atoms. The van der Waals surface area contributed by atoms with E-state index in [1.165, 1.54) is 18.2 Å². The van der Waals surface area contributed by atoms with Crippen molar-refractivity contribution in [2.24, 2.45) is 0 Å². The molecule has 7 heteroatoms. The van der Waals surface area contributed by atoms with Crippen LogP contribution in [0.2, 0.25) is 0 Å². The Labute approximate surface area is 168 Å². The lowest BCUT2D eigenvalue weighted by Crippen LogP contribution is -2.43. The van der Waals surface area contributed by atoms with Gasteiger partial charge in [0.2, 0.25) is 0 Å². The fourth-order valence-electron chi connectivity index (χ4n) is 2.89.